The molecular formula is C8H10NO. The Balaban J connectivity index is 2.43. The Bertz CT molecular complexity index is 174. The largest absolute Gasteiger partial charge is 0.478 e. The molecule has 1 radical (unpaired) electrons. The summed E-state index contributed by atoms with van der Waals surface area (Å²) in [6, 6.07) is 6.36. The molecule has 10 heavy (non-hydrogen) atoms. The lowest BCUT2D eigenvalue weighted by molar-refractivity contribution is 0.305. The van der Waals surface area contributed by atoms with E-state index in [4.69, 9.17) is 4.74 Å². The predicted octanol–water partition coefficient (Wildman–Crippen LogP) is 1.67. The molecule has 2 heteroatoms. The molecule has 1 heterocycles. The standard InChI is InChI=1S/C8H10NO/c1-2-7-10-8-5-3-4-6-9-8/h4-6H,2,7H2,1H3. The molecule has 0 aliphatic rings. The van der Waals surface area contributed by atoms with E-state index in [9.17, 15) is 0 Å². The highest BCUT2D eigenvalue weighted by Crippen LogP contribution is 2.02. The zero-order valence-corrected chi connectivity index (χ0v) is 6.00. The van der Waals surface area contributed by atoms with Crippen LogP contribution >= 0.6 is 0 Å². The number of ether oxygens (including phenoxy) is 1. The SMILES string of the molecule is CCCOc1c[c]ccn1. The van der Waals surface area contributed by atoms with E-state index in [1.165, 1.54) is 0 Å². The Kier molecular flexibility index (Phi) is 2.74. The second-order valence-electron chi connectivity index (χ2n) is 1.94. The minimum atomic E-state index is 0.657. The lowest BCUT2D eigenvalue weighted by atomic mass is 10.5. The van der Waals surface area contributed by atoms with Crippen molar-refractivity contribution in [3.63, 3.8) is 0 Å². The molecule has 0 N–H and O–H groups in total. The molecule has 0 saturated heterocycles. The smallest absolute Gasteiger partial charge is 0.213 e. The van der Waals surface area contributed by atoms with Gasteiger partial charge >= 0.3 is 0 Å². The van der Waals surface area contributed by atoms with Crippen molar-refractivity contribution in [3.8, 4) is 5.88 Å². The lowest BCUT2D eigenvalue weighted by Gasteiger charge is -2.00. The van der Waals surface area contributed by atoms with Crippen LogP contribution in [0.15, 0.2) is 18.3 Å². The summed E-state index contributed by atoms with van der Waals surface area (Å²) in [6.45, 7) is 2.79. The number of hydrogen-bond donors (Lipinski definition) is 0. The van der Waals surface area contributed by atoms with E-state index in [1.807, 2.05) is 0 Å². The second kappa shape index (κ2) is 3.88. The minimum absolute atomic E-state index is 0.657. The Labute approximate surface area is 60.9 Å². The van der Waals surface area contributed by atoms with Gasteiger partial charge in [0.1, 0.15) is 0 Å². The van der Waals surface area contributed by atoms with Crippen LogP contribution < -0.4 is 4.74 Å². The molecule has 2 nitrogen and oxygen atoms in total. The lowest BCUT2D eigenvalue weighted by Crippen LogP contribution is -1.95. The highest BCUT2D eigenvalue weighted by Gasteiger charge is 1.88. The fraction of sp³-hybridized carbons (Fsp3) is 0.375. The van der Waals surface area contributed by atoms with Crippen LogP contribution in [0.25, 0.3) is 0 Å². The number of hydrogen-bond acceptors (Lipinski definition) is 2. The molecule has 0 aromatic carbocycles. The Morgan fingerprint density at radius 3 is 3.20 bits per heavy atom. The van der Waals surface area contributed by atoms with E-state index < -0.39 is 0 Å². The Hall–Kier alpha value is -1.05. The van der Waals surface area contributed by atoms with Crippen LogP contribution in [0.2, 0.25) is 0 Å². The van der Waals surface area contributed by atoms with Gasteiger partial charge < -0.3 is 4.74 Å². The van der Waals surface area contributed by atoms with E-state index in [0.717, 1.165) is 13.0 Å². The molecule has 1 aromatic rings. The Morgan fingerprint density at radius 2 is 2.60 bits per heavy atom. The maximum absolute atomic E-state index is 5.21. The summed E-state index contributed by atoms with van der Waals surface area (Å²) < 4.78 is 5.21. The van der Waals surface area contributed by atoms with E-state index in [1.54, 1.807) is 18.3 Å². The van der Waals surface area contributed by atoms with Crippen LogP contribution in [0.4, 0.5) is 0 Å². The summed E-state index contributed by atoms with van der Waals surface area (Å²) in [5.41, 5.74) is 0. The van der Waals surface area contributed by atoms with Crippen LogP contribution in [0.3, 0.4) is 0 Å². The van der Waals surface area contributed by atoms with Crippen molar-refractivity contribution in [2.24, 2.45) is 0 Å². The molecule has 0 spiro atoms. The summed E-state index contributed by atoms with van der Waals surface area (Å²) >= 11 is 0. The fourth-order valence-corrected chi connectivity index (χ4v) is 0.596. The zero-order chi connectivity index (χ0) is 7.23. The molecule has 0 aliphatic carbocycles. The second-order valence-corrected chi connectivity index (χ2v) is 1.94. The molecule has 0 saturated carbocycles. The topological polar surface area (TPSA) is 22.1 Å². The third-order valence-corrected chi connectivity index (χ3v) is 1.03. The van der Waals surface area contributed by atoms with Crippen molar-refractivity contribution >= 4 is 0 Å². The Morgan fingerprint density at radius 1 is 1.70 bits per heavy atom. The fourth-order valence-electron chi connectivity index (χ4n) is 0.596. The molecule has 0 unspecified atom stereocenters. The van der Waals surface area contributed by atoms with Crippen molar-refractivity contribution in [3.05, 3.63) is 24.4 Å². The van der Waals surface area contributed by atoms with Crippen molar-refractivity contribution < 1.29 is 4.74 Å². The van der Waals surface area contributed by atoms with Gasteiger partial charge in [-0.25, -0.2) is 4.98 Å². The molecule has 1 rings (SSSR count). The molecule has 0 bridgehead atoms. The first kappa shape index (κ1) is 7.06. The van der Waals surface area contributed by atoms with Crippen molar-refractivity contribution in [1.29, 1.82) is 0 Å². The van der Waals surface area contributed by atoms with Crippen LogP contribution in [-0.2, 0) is 0 Å². The summed E-state index contributed by atoms with van der Waals surface area (Å²) in [6.07, 6.45) is 2.68. The third-order valence-electron chi connectivity index (χ3n) is 1.03. The van der Waals surface area contributed by atoms with Crippen molar-refractivity contribution in [1.82, 2.24) is 4.98 Å². The monoisotopic (exact) mass is 136 g/mol. The number of rotatable bonds is 3. The summed E-state index contributed by atoms with van der Waals surface area (Å²) in [7, 11) is 0. The van der Waals surface area contributed by atoms with Gasteiger partial charge in [-0.15, -0.1) is 0 Å². The van der Waals surface area contributed by atoms with E-state index in [0.29, 0.717) is 5.88 Å². The summed E-state index contributed by atoms with van der Waals surface area (Å²) in [4.78, 5) is 3.96. The van der Waals surface area contributed by atoms with Gasteiger partial charge in [-0.05, 0) is 18.6 Å². The maximum Gasteiger partial charge on any atom is 0.213 e. The quantitative estimate of drug-likeness (QED) is 0.630. The van der Waals surface area contributed by atoms with Gasteiger partial charge in [0.15, 0.2) is 0 Å². The van der Waals surface area contributed by atoms with Gasteiger partial charge in [0.05, 0.1) is 6.61 Å². The average molecular weight is 136 g/mol. The van der Waals surface area contributed by atoms with Crippen LogP contribution in [0.1, 0.15) is 13.3 Å². The first-order chi connectivity index (χ1) is 4.93. The highest BCUT2D eigenvalue weighted by atomic mass is 16.5. The zero-order valence-electron chi connectivity index (χ0n) is 6.00. The normalized spacial score (nSPS) is 9.30. The van der Waals surface area contributed by atoms with E-state index in [-0.39, 0.29) is 0 Å². The van der Waals surface area contributed by atoms with Gasteiger partial charge in [-0.2, -0.15) is 0 Å². The molecule has 0 fully saturated rings. The first-order valence-electron chi connectivity index (χ1n) is 3.38. The minimum Gasteiger partial charge on any atom is -0.478 e. The first-order valence-corrected chi connectivity index (χ1v) is 3.38. The van der Waals surface area contributed by atoms with E-state index in [2.05, 4.69) is 18.0 Å². The van der Waals surface area contributed by atoms with Crippen molar-refractivity contribution in [2.75, 3.05) is 6.61 Å². The summed E-state index contributed by atoms with van der Waals surface area (Å²) in [5, 5.41) is 0. The predicted molar refractivity (Wildman–Crippen MR) is 38.9 cm³/mol. The van der Waals surface area contributed by atoms with Gasteiger partial charge in [0.25, 0.3) is 0 Å². The third kappa shape index (κ3) is 2.05. The number of pyridine rings is 1. The molecular weight excluding hydrogens is 126 g/mol. The van der Waals surface area contributed by atoms with Crippen LogP contribution in [0, 0.1) is 6.07 Å². The molecule has 0 aliphatic heterocycles. The summed E-state index contributed by atoms with van der Waals surface area (Å²) in [5.74, 6) is 0.657. The van der Waals surface area contributed by atoms with Gasteiger partial charge in [-0.3, -0.25) is 0 Å². The molecule has 0 atom stereocenters. The molecule has 53 valence electrons. The molecule has 0 amide bonds. The highest BCUT2D eigenvalue weighted by molar-refractivity contribution is 5.07. The van der Waals surface area contributed by atoms with E-state index >= 15 is 0 Å². The maximum atomic E-state index is 5.21. The van der Waals surface area contributed by atoms with Crippen molar-refractivity contribution in [2.45, 2.75) is 13.3 Å². The van der Waals surface area contributed by atoms with Gasteiger partial charge in [-0.1, -0.05) is 6.92 Å². The number of nitrogens with zero attached hydrogens (tertiary/aromatic N) is 1. The number of aromatic nitrogens is 1. The van der Waals surface area contributed by atoms with Crippen LogP contribution in [0.5, 0.6) is 5.88 Å². The van der Waals surface area contributed by atoms with Crippen LogP contribution in [-0.4, -0.2) is 11.6 Å². The van der Waals surface area contributed by atoms with Gasteiger partial charge in [0, 0.05) is 12.3 Å². The van der Waals surface area contributed by atoms with Gasteiger partial charge in [0.2, 0.25) is 5.88 Å². The average Bonchev–Trinajstić information content (AvgIpc) is 2.03. The molecule has 1 aromatic heterocycles.